The van der Waals surface area contributed by atoms with Gasteiger partial charge in [-0.15, -0.1) is 0 Å². The van der Waals surface area contributed by atoms with Crippen LogP contribution in [-0.2, 0) is 11.2 Å². The molecule has 7 heteroatoms. The normalized spacial score (nSPS) is 18.1. The molecule has 100 valence electrons. The van der Waals surface area contributed by atoms with Gasteiger partial charge in [0.25, 0.3) is 11.6 Å². The minimum absolute atomic E-state index is 0.0305. The van der Waals surface area contributed by atoms with Gasteiger partial charge in [0.2, 0.25) is 0 Å². The van der Waals surface area contributed by atoms with Crippen LogP contribution >= 0.6 is 0 Å². The van der Waals surface area contributed by atoms with E-state index in [1.165, 1.54) is 6.07 Å². The number of nitro groups is 1. The summed E-state index contributed by atoms with van der Waals surface area (Å²) in [4.78, 5) is 33.1. The quantitative estimate of drug-likeness (QED) is 0.481. The fourth-order valence-corrected chi connectivity index (χ4v) is 2.10. The van der Waals surface area contributed by atoms with E-state index >= 15 is 0 Å². The average Bonchev–Trinajstić information content (AvgIpc) is 2.63. The second-order valence-corrected chi connectivity index (χ2v) is 4.48. The van der Waals surface area contributed by atoms with E-state index in [1.54, 1.807) is 13.0 Å². The smallest absolute Gasteiger partial charge is 0.322 e. The lowest BCUT2D eigenvalue weighted by atomic mass is 9.96. The largest absolute Gasteiger partial charge is 0.326 e. The van der Waals surface area contributed by atoms with Gasteiger partial charge in [-0.3, -0.25) is 20.2 Å². The van der Waals surface area contributed by atoms with Crippen LogP contribution in [0.15, 0.2) is 12.1 Å². The minimum atomic E-state index is -0.758. The van der Waals surface area contributed by atoms with Gasteiger partial charge < -0.3 is 5.32 Å². The number of nitro benzene ring substituents is 1. The Bertz CT molecular complexity index is 583. The number of carbonyl (C=O) groups is 2. The van der Waals surface area contributed by atoms with Crippen molar-refractivity contribution in [2.24, 2.45) is 0 Å². The van der Waals surface area contributed by atoms with Gasteiger partial charge in [-0.1, -0.05) is 6.07 Å². The van der Waals surface area contributed by atoms with Crippen molar-refractivity contribution in [2.45, 2.75) is 26.3 Å². The molecule has 0 aliphatic carbocycles. The van der Waals surface area contributed by atoms with Gasteiger partial charge >= 0.3 is 6.03 Å². The van der Waals surface area contributed by atoms with Crippen LogP contribution in [0.5, 0.6) is 0 Å². The van der Waals surface area contributed by atoms with Crippen molar-refractivity contribution >= 4 is 17.6 Å². The fourth-order valence-electron chi connectivity index (χ4n) is 2.10. The van der Waals surface area contributed by atoms with Crippen LogP contribution in [0, 0.1) is 24.0 Å². The van der Waals surface area contributed by atoms with Crippen LogP contribution in [0.1, 0.15) is 16.7 Å². The SMILES string of the molecule is Cc1ccc([N+](=O)[O-])c(CC2NC(=O)NC2=O)c1C. The highest BCUT2D eigenvalue weighted by Gasteiger charge is 2.32. The maximum Gasteiger partial charge on any atom is 0.322 e. The van der Waals surface area contributed by atoms with Crippen LogP contribution in [-0.4, -0.2) is 22.9 Å². The lowest BCUT2D eigenvalue weighted by Crippen LogP contribution is -2.31. The monoisotopic (exact) mass is 263 g/mol. The molecule has 0 aromatic heterocycles. The van der Waals surface area contributed by atoms with Crippen molar-refractivity contribution in [1.82, 2.24) is 10.6 Å². The lowest BCUT2D eigenvalue weighted by Gasteiger charge is -2.12. The third-order valence-corrected chi connectivity index (χ3v) is 3.31. The third-order valence-electron chi connectivity index (χ3n) is 3.31. The number of carbonyl (C=O) groups excluding carboxylic acids is 2. The summed E-state index contributed by atoms with van der Waals surface area (Å²) < 4.78 is 0. The Morgan fingerprint density at radius 1 is 1.32 bits per heavy atom. The van der Waals surface area contributed by atoms with E-state index in [1.807, 2.05) is 6.92 Å². The summed E-state index contributed by atoms with van der Waals surface area (Å²) in [6.07, 6.45) is 0.113. The zero-order valence-electron chi connectivity index (χ0n) is 10.5. The number of nitrogens with one attached hydrogen (secondary N) is 2. The predicted molar refractivity (Wildman–Crippen MR) is 66.7 cm³/mol. The molecule has 0 spiro atoms. The Hall–Kier alpha value is -2.44. The zero-order valence-corrected chi connectivity index (χ0v) is 10.5. The molecule has 0 radical (unpaired) electrons. The summed E-state index contributed by atoms with van der Waals surface area (Å²) in [5.41, 5.74) is 2.12. The van der Waals surface area contributed by atoms with Crippen molar-refractivity contribution < 1.29 is 14.5 Å². The third kappa shape index (κ3) is 2.40. The Labute approximate surface area is 109 Å². The molecule has 1 unspecified atom stereocenters. The minimum Gasteiger partial charge on any atom is -0.326 e. The summed E-state index contributed by atoms with van der Waals surface area (Å²) in [6.45, 7) is 3.61. The lowest BCUT2D eigenvalue weighted by molar-refractivity contribution is -0.385. The maximum absolute atomic E-state index is 11.5. The predicted octanol–water partition coefficient (Wildman–Crippen LogP) is 0.962. The van der Waals surface area contributed by atoms with Crippen molar-refractivity contribution in [3.05, 3.63) is 38.9 Å². The number of hydrogen-bond donors (Lipinski definition) is 2. The van der Waals surface area contributed by atoms with Crippen LogP contribution < -0.4 is 10.6 Å². The molecule has 2 N–H and O–H groups in total. The zero-order chi connectivity index (χ0) is 14.2. The molecular weight excluding hydrogens is 250 g/mol. The second-order valence-electron chi connectivity index (χ2n) is 4.48. The molecule has 0 saturated carbocycles. The molecule has 1 aromatic rings. The number of aryl methyl sites for hydroxylation is 1. The summed E-state index contributed by atoms with van der Waals surface area (Å²) in [5, 5.41) is 15.6. The molecule has 7 nitrogen and oxygen atoms in total. The highest BCUT2D eigenvalue weighted by Crippen LogP contribution is 2.26. The van der Waals surface area contributed by atoms with Gasteiger partial charge in [0, 0.05) is 18.1 Å². The van der Waals surface area contributed by atoms with Gasteiger partial charge in [-0.25, -0.2) is 4.79 Å². The van der Waals surface area contributed by atoms with Crippen LogP contribution in [0.25, 0.3) is 0 Å². The molecule has 1 aliphatic heterocycles. The maximum atomic E-state index is 11.5. The van der Waals surface area contributed by atoms with Gasteiger partial charge in [-0.05, 0) is 25.0 Å². The Balaban J connectivity index is 2.38. The number of rotatable bonds is 3. The molecule has 1 heterocycles. The average molecular weight is 263 g/mol. The number of nitrogens with zero attached hydrogens (tertiary/aromatic N) is 1. The Morgan fingerprint density at radius 2 is 2.00 bits per heavy atom. The molecule has 19 heavy (non-hydrogen) atoms. The van der Waals surface area contributed by atoms with E-state index in [0.29, 0.717) is 5.56 Å². The molecule has 2 rings (SSSR count). The number of imide groups is 1. The highest BCUT2D eigenvalue weighted by atomic mass is 16.6. The van der Waals surface area contributed by atoms with E-state index in [4.69, 9.17) is 0 Å². The summed E-state index contributed by atoms with van der Waals surface area (Å²) in [7, 11) is 0. The van der Waals surface area contributed by atoms with Crippen LogP contribution in [0.3, 0.4) is 0 Å². The van der Waals surface area contributed by atoms with Gasteiger partial charge in [0.05, 0.1) is 4.92 Å². The first-order chi connectivity index (χ1) is 8.90. The number of urea groups is 1. The first kappa shape index (κ1) is 13.0. The standard InChI is InChI=1S/C12H13N3O4/c1-6-3-4-10(15(18)19)8(7(6)2)5-9-11(16)14-12(17)13-9/h3-4,9H,5H2,1-2H3,(H2,13,14,16,17). The molecule has 3 amide bonds. The first-order valence-electron chi connectivity index (χ1n) is 5.75. The molecule has 1 aromatic carbocycles. The number of benzene rings is 1. The molecule has 1 aliphatic rings. The Morgan fingerprint density at radius 3 is 2.53 bits per heavy atom. The fraction of sp³-hybridized carbons (Fsp3) is 0.333. The van der Waals surface area contributed by atoms with Crippen molar-refractivity contribution in [2.75, 3.05) is 0 Å². The van der Waals surface area contributed by atoms with Crippen molar-refractivity contribution in [3.8, 4) is 0 Å². The van der Waals surface area contributed by atoms with Gasteiger partial charge in [0.1, 0.15) is 6.04 Å². The Kier molecular flexibility index (Phi) is 3.20. The van der Waals surface area contributed by atoms with Gasteiger partial charge in [-0.2, -0.15) is 0 Å². The van der Waals surface area contributed by atoms with E-state index in [9.17, 15) is 19.7 Å². The molecule has 1 atom stereocenters. The number of hydrogen-bond acceptors (Lipinski definition) is 4. The van der Waals surface area contributed by atoms with Crippen molar-refractivity contribution in [3.63, 3.8) is 0 Å². The molecular formula is C12H13N3O4. The van der Waals surface area contributed by atoms with E-state index in [2.05, 4.69) is 10.6 Å². The first-order valence-corrected chi connectivity index (χ1v) is 5.75. The summed E-state index contributed by atoms with van der Waals surface area (Å²) in [5.74, 6) is -0.458. The molecule has 0 bridgehead atoms. The van der Waals surface area contributed by atoms with E-state index in [-0.39, 0.29) is 12.1 Å². The summed E-state index contributed by atoms with van der Waals surface area (Å²) >= 11 is 0. The second kappa shape index (κ2) is 4.68. The van der Waals surface area contributed by atoms with E-state index in [0.717, 1.165) is 11.1 Å². The highest BCUT2D eigenvalue weighted by molar-refractivity contribution is 6.04. The van der Waals surface area contributed by atoms with Crippen LogP contribution in [0.4, 0.5) is 10.5 Å². The van der Waals surface area contributed by atoms with Crippen LogP contribution in [0.2, 0.25) is 0 Å². The van der Waals surface area contributed by atoms with E-state index < -0.39 is 22.9 Å². The van der Waals surface area contributed by atoms with Crippen molar-refractivity contribution in [1.29, 1.82) is 0 Å². The summed E-state index contributed by atoms with van der Waals surface area (Å²) in [6, 6.07) is 1.77. The van der Waals surface area contributed by atoms with Gasteiger partial charge in [0.15, 0.2) is 0 Å². The number of amides is 3. The molecule has 1 saturated heterocycles. The molecule has 1 fully saturated rings. The topological polar surface area (TPSA) is 101 Å².